The Morgan fingerprint density at radius 3 is 1.79 bits per heavy atom. The van der Waals surface area contributed by atoms with Crippen LogP contribution in [0.2, 0.25) is 0 Å². The summed E-state index contributed by atoms with van der Waals surface area (Å²) in [6, 6.07) is 0. The molecule has 190 valence electrons. The summed E-state index contributed by atoms with van der Waals surface area (Å²) < 4.78 is 105. The van der Waals surface area contributed by atoms with Crippen molar-refractivity contribution in [2.45, 2.75) is 88.8 Å². The Kier molecular flexibility index (Phi) is 6.90. The van der Waals surface area contributed by atoms with Crippen molar-refractivity contribution in [1.82, 2.24) is 0 Å². The summed E-state index contributed by atoms with van der Waals surface area (Å²) in [5.74, 6) is -11.2. The van der Waals surface area contributed by atoms with Crippen LogP contribution in [0.4, 0.5) is 30.7 Å². The molecule has 4 aliphatic rings. The molecule has 4 rings (SSSR count). The number of rotatable bonds is 10. The summed E-state index contributed by atoms with van der Waals surface area (Å²) >= 11 is 0. The number of hydrogen-bond acceptors (Lipinski definition) is 4. The fourth-order valence-corrected chi connectivity index (χ4v) is 6.17. The summed E-state index contributed by atoms with van der Waals surface area (Å²) in [6.45, 7) is -0.810. The predicted octanol–water partition coefficient (Wildman–Crippen LogP) is 5.72. The van der Waals surface area contributed by atoms with Gasteiger partial charge in [0, 0.05) is 18.8 Å². The van der Waals surface area contributed by atoms with Gasteiger partial charge in [-0.05, 0) is 63.2 Å². The third kappa shape index (κ3) is 4.89. The lowest BCUT2D eigenvalue weighted by Gasteiger charge is -2.56. The first-order chi connectivity index (χ1) is 15.1. The zero-order valence-corrected chi connectivity index (χ0v) is 18.6. The van der Waals surface area contributed by atoms with Crippen LogP contribution in [0.25, 0.3) is 0 Å². The second-order valence-electron chi connectivity index (χ2n) is 10.0. The minimum Gasteiger partial charge on any atom is -0.464 e. The van der Waals surface area contributed by atoms with Crippen LogP contribution in [-0.4, -0.2) is 48.6 Å². The number of ether oxygens (including phenoxy) is 2. The van der Waals surface area contributed by atoms with Crippen molar-refractivity contribution in [2.75, 3.05) is 13.2 Å². The average molecular weight is 490 g/mol. The maximum atomic E-state index is 14.2. The molecule has 0 radical (unpaired) electrons. The highest BCUT2D eigenvalue weighted by atomic mass is 19.4. The Balaban J connectivity index is 1.86. The lowest BCUT2D eigenvalue weighted by molar-refractivity contribution is -0.285. The van der Waals surface area contributed by atoms with E-state index in [9.17, 15) is 40.3 Å². The Morgan fingerprint density at radius 2 is 1.39 bits per heavy atom. The molecule has 0 saturated heterocycles. The third-order valence-corrected chi connectivity index (χ3v) is 7.51. The predicted molar refractivity (Wildman–Crippen MR) is 102 cm³/mol. The zero-order valence-electron chi connectivity index (χ0n) is 18.6. The smallest absolute Gasteiger partial charge is 0.428 e. The van der Waals surface area contributed by atoms with E-state index in [1.165, 1.54) is 6.92 Å². The fourth-order valence-electron chi connectivity index (χ4n) is 6.17. The number of halogens is 7. The van der Waals surface area contributed by atoms with Crippen LogP contribution < -0.4 is 0 Å². The van der Waals surface area contributed by atoms with E-state index in [-0.39, 0.29) is 24.7 Å². The average Bonchev–Trinajstić information content (AvgIpc) is 2.64. The zero-order chi connectivity index (χ0) is 24.9. The number of carbonyl (C=O) groups is 2. The monoisotopic (exact) mass is 490 g/mol. The second kappa shape index (κ2) is 8.68. The first kappa shape index (κ1) is 26.2. The van der Waals surface area contributed by atoms with E-state index >= 15 is 0 Å². The largest absolute Gasteiger partial charge is 0.464 e. The van der Waals surface area contributed by atoms with E-state index in [0.717, 1.165) is 19.3 Å². The summed E-state index contributed by atoms with van der Waals surface area (Å²) in [5.41, 5.74) is -4.84. The topological polar surface area (TPSA) is 52.6 Å². The van der Waals surface area contributed by atoms with Crippen molar-refractivity contribution in [1.29, 1.82) is 0 Å². The van der Waals surface area contributed by atoms with E-state index in [0.29, 0.717) is 19.3 Å². The van der Waals surface area contributed by atoms with Gasteiger partial charge >= 0.3 is 24.0 Å². The molecular weight excluding hydrogens is 461 g/mol. The minimum absolute atomic E-state index is 0.0636. The number of ketones is 1. The molecular formula is C22H29F7O4. The standard InChI is InChI=1S/C22H29F7O4/c1-3-32-17(31)20(22(27,28)29,33-5-4-21(25,26)18(2,23)24)12-16(30)19-9-13-6-14(10-19)8-15(7-13)11-19/h13-15H,3-12H2,1-2H3. The molecule has 0 spiro atoms. The van der Waals surface area contributed by atoms with Gasteiger partial charge in [0.15, 0.2) is 0 Å². The number of alkyl halides is 7. The summed E-state index contributed by atoms with van der Waals surface area (Å²) in [6.07, 6.45) is -4.63. The Morgan fingerprint density at radius 1 is 0.909 bits per heavy atom. The third-order valence-electron chi connectivity index (χ3n) is 7.51. The molecule has 33 heavy (non-hydrogen) atoms. The van der Waals surface area contributed by atoms with Gasteiger partial charge in [-0.25, -0.2) is 13.6 Å². The molecule has 1 unspecified atom stereocenters. The molecule has 4 aliphatic carbocycles. The second-order valence-corrected chi connectivity index (χ2v) is 10.0. The first-order valence-electron chi connectivity index (χ1n) is 11.2. The quantitative estimate of drug-likeness (QED) is 0.290. The molecule has 0 aliphatic heterocycles. The molecule has 4 saturated carbocycles. The Labute approximate surface area is 187 Å². The van der Waals surface area contributed by atoms with Crippen LogP contribution in [0.5, 0.6) is 0 Å². The van der Waals surface area contributed by atoms with E-state index in [1.807, 2.05) is 0 Å². The molecule has 4 bridgehead atoms. The molecule has 0 amide bonds. The van der Waals surface area contributed by atoms with Gasteiger partial charge in [-0.3, -0.25) is 4.79 Å². The highest BCUT2D eigenvalue weighted by Gasteiger charge is 2.67. The maximum Gasteiger partial charge on any atom is 0.428 e. The van der Waals surface area contributed by atoms with Gasteiger partial charge in [-0.15, -0.1) is 0 Å². The normalized spacial score (nSPS) is 31.4. The molecule has 4 nitrogen and oxygen atoms in total. The molecule has 0 aromatic heterocycles. The highest BCUT2D eigenvalue weighted by Crippen LogP contribution is 2.61. The lowest BCUT2D eigenvalue weighted by atomic mass is 9.48. The minimum atomic E-state index is -5.48. The molecule has 0 aromatic carbocycles. The first-order valence-corrected chi connectivity index (χ1v) is 11.2. The van der Waals surface area contributed by atoms with Crippen molar-refractivity contribution in [2.24, 2.45) is 23.2 Å². The highest BCUT2D eigenvalue weighted by molar-refractivity contribution is 5.93. The van der Waals surface area contributed by atoms with Gasteiger partial charge in [-0.1, -0.05) is 0 Å². The van der Waals surface area contributed by atoms with Crippen LogP contribution in [0.1, 0.15) is 65.2 Å². The number of carbonyl (C=O) groups excluding carboxylic acids is 2. The van der Waals surface area contributed by atoms with Crippen molar-refractivity contribution in [3.63, 3.8) is 0 Å². The van der Waals surface area contributed by atoms with Gasteiger partial charge in [0.05, 0.1) is 19.6 Å². The molecule has 0 heterocycles. The van der Waals surface area contributed by atoms with Gasteiger partial charge in [-0.2, -0.15) is 22.0 Å². The van der Waals surface area contributed by atoms with E-state index in [4.69, 9.17) is 0 Å². The van der Waals surface area contributed by atoms with Crippen molar-refractivity contribution >= 4 is 11.8 Å². The molecule has 0 aromatic rings. The van der Waals surface area contributed by atoms with Gasteiger partial charge < -0.3 is 9.47 Å². The molecule has 4 fully saturated rings. The van der Waals surface area contributed by atoms with Crippen molar-refractivity contribution < 1.29 is 49.8 Å². The van der Waals surface area contributed by atoms with Crippen LogP contribution in [0.3, 0.4) is 0 Å². The molecule has 11 heteroatoms. The summed E-state index contributed by atoms with van der Waals surface area (Å²) in [4.78, 5) is 25.8. The maximum absolute atomic E-state index is 14.2. The molecule has 0 N–H and O–H groups in total. The van der Waals surface area contributed by atoms with Crippen molar-refractivity contribution in [3.05, 3.63) is 0 Å². The number of hydrogen-bond donors (Lipinski definition) is 0. The number of esters is 1. The Bertz CT molecular complexity index is 724. The van der Waals surface area contributed by atoms with Crippen LogP contribution in [0.15, 0.2) is 0 Å². The van der Waals surface area contributed by atoms with E-state index < -0.39 is 66.8 Å². The lowest BCUT2D eigenvalue weighted by Crippen LogP contribution is -2.59. The van der Waals surface area contributed by atoms with Gasteiger partial charge in [0.1, 0.15) is 5.78 Å². The van der Waals surface area contributed by atoms with Gasteiger partial charge in [0.2, 0.25) is 0 Å². The van der Waals surface area contributed by atoms with E-state index in [1.54, 1.807) is 0 Å². The molecule has 1 atom stereocenters. The summed E-state index contributed by atoms with van der Waals surface area (Å²) in [7, 11) is 0. The van der Waals surface area contributed by atoms with Crippen LogP contribution in [0, 0.1) is 23.2 Å². The SMILES string of the molecule is CCOC(=O)C(CC(=O)C12CC3CC(CC(C3)C1)C2)(OCCC(F)(F)C(C)(F)F)C(F)(F)F. The van der Waals surface area contributed by atoms with Gasteiger partial charge in [0.25, 0.3) is 5.60 Å². The van der Waals surface area contributed by atoms with E-state index in [2.05, 4.69) is 9.47 Å². The van der Waals surface area contributed by atoms with Crippen molar-refractivity contribution in [3.8, 4) is 0 Å². The number of Topliss-reactive ketones (excluding diaryl/α,β-unsaturated/α-hetero) is 1. The fraction of sp³-hybridized carbons (Fsp3) is 0.909. The van der Waals surface area contributed by atoms with Crippen LogP contribution in [-0.2, 0) is 19.1 Å². The summed E-state index contributed by atoms with van der Waals surface area (Å²) in [5, 5.41) is 0. The van der Waals surface area contributed by atoms with Crippen LogP contribution >= 0.6 is 0 Å². The Hall–Kier alpha value is -1.39.